The van der Waals surface area contributed by atoms with Gasteiger partial charge in [0.1, 0.15) is 7.80 Å². The van der Waals surface area contributed by atoms with Gasteiger partial charge in [0.05, 0.1) is 0 Å². The zero-order valence-corrected chi connectivity index (χ0v) is 8.52. The van der Waals surface area contributed by atoms with E-state index in [1.807, 2.05) is 60.7 Å². The maximum absolute atomic E-state index is 12.0. The van der Waals surface area contributed by atoms with Crippen LogP contribution in [0.4, 0.5) is 0 Å². The third-order valence-corrected chi connectivity index (χ3v) is 3.52. The average Bonchev–Trinajstić information content (AvgIpc) is 2.30. The molecule has 0 saturated carbocycles. The summed E-state index contributed by atoms with van der Waals surface area (Å²) >= 11 is 0. The van der Waals surface area contributed by atoms with Gasteiger partial charge in [-0.05, 0) is 24.3 Å². The summed E-state index contributed by atoms with van der Waals surface area (Å²) in [6.45, 7) is 0. The van der Waals surface area contributed by atoms with Crippen LogP contribution in [0.5, 0.6) is 0 Å². The van der Waals surface area contributed by atoms with E-state index in [1.54, 1.807) is 0 Å². The third-order valence-electron chi connectivity index (χ3n) is 1.98. The van der Waals surface area contributed by atoms with Crippen molar-refractivity contribution in [3.63, 3.8) is 0 Å². The standard InChI is InChI=1S/C12H10OP.Na.H/c13-14(11-7-3-1-4-8-11)12-9-5-2-6-10-12;;/h1-10H;;. The second kappa shape index (κ2) is 6.19. The monoisotopic (exact) mass is 225 g/mol. The molecule has 0 aliphatic rings. The van der Waals surface area contributed by atoms with E-state index in [4.69, 9.17) is 0 Å². The second-order valence-corrected chi connectivity index (χ2v) is 4.59. The first-order valence-corrected chi connectivity index (χ1v) is 5.71. The van der Waals surface area contributed by atoms with Crippen LogP contribution in [-0.2, 0) is 4.57 Å². The molecule has 0 heterocycles. The second-order valence-electron chi connectivity index (χ2n) is 2.97. The summed E-state index contributed by atoms with van der Waals surface area (Å²) in [5.41, 5.74) is 0. The molecule has 2 aromatic rings. The molecular formula is C12H11NaOP. The summed E-state index contributed by atoms with van der Waals surface area (Å²) in [5.74, 6) is 0. The van der Waals surface area contributed by atoms with Gasteiger partial charge in [-0.25, -0.2) is 0 Å². The summed E-state index contributed by atoms with van der Waals surface area (Å²) in [4.78, 5) is 0. The molecule has 0 aromatic heterocycles. The fraction of sp³-hybridized carbons (Fsp3) is 0. The molecule has 2 rings (SSSR count). The van der Waals surface area contributed by atoms with Crippen molar-refractivity contribution in [2.24, 2.45) is 0 Å². The molecule has 2 aromatic carbocycles. The summed E-state index contributed by atoms with van der Waals surface area (Å²) < 4.78 is 12.0. The van der Waals surface area contributed by atoms with Crippen molar-refractivity contribution in [2.75, 3.05) is 0 Å². The van der Waals surface area contributed by atoms with Crippen LogP contribution in [0.25, 0.3) is 0 Å². The maximum atomic E-state index is 12.0. The Morgan fingerprint density at radius 1 is 0.667 bits per heavy atom. The predicted molar refractivity (Wildman–Crippen MR) is 66.9 cm³/mol. The Hall–Kier alpha value is -0.460. The Morgan fingerprint density at radius 2 is 1.00 bits per heavy atom. The van der Waals surface area contributed by atoms with Crippen LogP contribution >= 0.6 is 7.80 Å². The van der Waals surface area contributed by atoms with Crippen molar-refractivity contribution in [2.45, 2.75) is 0 Å². The van der Waals surface area contributed by atoms with Gasteiger partial charge in [0.25, 0.3) is 0 Å². The average molecular weight is 225 g/mol. The van der Waals surface area contributed by atoms with Crippen LogP contribution in [0.15, 0.2) is 60.7 Å². The van der Waals surface area contributed by atoms with Gasteiger partial charge < -0.3 is 0 Å². The first kappa shape index (κ1) is 12.6. The zero-order valence-electron chi connectivity index (χ0n) is 7.63. The van der Waals surface area contributed by atoms with Gasteiger partial charge in [-0.1, -0.05) is 36.4 Å². The SMILES string of the molecule is O=[P](c1ccccc1)c1ccccc1.[NaH]. The molecule has 71 valence electrons. The molecule has 3 heteroatoms. The fourth-order valence-corrected chi connectivity index (χ4v) is 2.46. The topological polar surface area (TPSA) is 17.1 Å². The number of benzene rings is 2. The van der Waals surface area contributed by atoms with Crippen LogP contribution in [0.1, 0.15) is 0 Å². The van der Waals surface area contributed by atoms with E-state index in [0.717, 1.165) is 10.6 Å². The van der Waals surface area contributed by atoms with Gasteiger partial charge in [0.2, 0.25) is 0 Å². The molecule has 0 spiro atoms. The van der Waals surface area contributed by atoms with Gasteiger partial charge in [0.15, 0.2) is 0 Å². The summed E-state index contributed by atoms with van der Waals surface area (Å²) in [7, 11) is -1.42. The molecule has 0 aliphatic carbocycles. The molecule has 1 radical (unpaired) electrons. The van der Waals surface area contributed by atoms with Crippen LogP contribution in [0, 0.1) is 0 Å². The van der Waals surface area contributed by atoms with Crippen LogP contribution < -0.4 is 10.6 Å². The molecule has 0 atom stereocenters. The van der Waals surface area contributed by atoms with Crippen LogP contribution in [-0.4, -0.2) is 29.6 Å². The molecule has 0 saturated heterocycles. The minimum atomic E-state index is -1.42. The zero-order chi connectivity index (χ0) is 9.80. The molecule has 0 bridgehead atoms. The van der Waals surface area contributed by atoms with E-state index in [9.17, 15) is 4.57 Å². The molecule has 1 nitrogen and oxygen atoms in total. The van der Waals surface area contributed by atoms with Crippen molar-refractivity contribution in [1.29, 1.82) is 0 Å². The molecule has 0 amide bonds. The predicted octanol–water partition coefficient (Wildman–Crippen LogP) is 1.82. The Morgan fingerprint density at radius 3 is 1.33 bits per heavy atom. The first-order chi connectivity index (χ1) is 6.88. The van der Waals surface area contributed by atoms with Crippen molar-refractivity contribution in [1.82, 2.24) is 0 Å². The first-order valence-electron chi connectivity index (χ1n) is 4.45. The third kappa shape index (κ3) is 3.25. The summed E-state index contributed by atoms with van der Waals surface area (Å²) in [5, 5.41) is 1.77. The van der Waals surface area contributed by atoms with Gasteiger partial charge in [-0.2, -0.15) is 0 Å². The van der Waals surface area contributed by atoms with Gasteiger partial charge >= 0.3 is 29.6 Å². The van der Waals surface area contributed by atoms with Crippen molar-refractivity contribution >= 4 is 48.0 Å². The Bertz CT molecular complexity index is 386. The van der Waals surface area contributed by atoms with Gasteiger partial charge in [0, 0.05) is 10.6 Å². The van der Waals surface area contributed by atoms with Crippen molar-refractivity contribution < 1.29 is 4.57 Å². The van der Waals surface area contributed by atoms with Gasteiger partial charge in [-0.15, -0.1) is 0 Å². The van der Waals surface area contributed by atoms with E-state index in [1.165, 1.54) is 0 Å². The minimum absolute atomic E-state index is 0. The number of hydrogen-bond acceptors (Lipinski definition) is 1. The van der Waals surface area contributed by atoms with E-state index in [-0.39, 0.29) is 29.6 Å². The quantitative estimate of drug-likeness (QED) is 0.562. The van der Waals surface area contributed by atoms with Crippen LogP contribution in [0.2, 0.25) is 0 Å². The number of hydrogen-bond donors (Lipinski definition) is 0. The van der Waals surface area contributed by atoms with Crippen molar-refractivity contribution in [3.8, 4) is 0 Å². The summed E-state index contributed by atoms with van der Waals surface area (Å²) in [6.07, 6.45) is 0. The Labute approximate surface area is 113 Å². The molecular weight excluding hydrogens is 214 g/mol. The van der Waals surface area contributed by atoms with E-state index in [0.29, 0.717) is 0 Å². The molecule has 15 heavy (non-hydrogen) atoms. The normalized spacial score (nSPS) is 9.07. The molecule has 0 N–H and O–H groups in total. The van der Waals surface area contributed by atoms with Crippen molar-refractivity contribution in [3.05, 3.63) is 60.7 Å². The molecule has 0 fully saturated rings. The van der Waals surface area contributed by atoms with E-state index >= 15 is 0 Å². The fourth-order valence-electron chi connectivity index (χ4n) is 1.28. The Balaban J connectivity index is 0.00000112. The van der Waals surface area contributed by atoms with Crippen LogP contribution in [0.3, 0.4) is 0 Å². The van der Waals surface area contributed by atoms with Gasteiger partial charge in [-0.3, -0.25) is 4.57 Å². The Kier molecular flexibility index (Phi) is 5.21. The molecule has 0 unspecified atom stereocenters. The van der Waals surface area contributed by atoms with E-state index < -0.39 is 7.80 Å². The van der Waals surface area contributed by atoms with E-state index in [2.05, 4.69) is 0 Å². The molecule has 0 aliphatic heterocycles. The summed E-state index contributed by atoms with van der Waals surface area (Å²) in [6, 6.07) is 19.1. The number of rotatable bonds is 2.